The van der Waals surface area contributed by atoms with Crippen LogP contribution in [0.2, 0.25) is 0 Å². The molecule has 1 fully saturated rings. The number of urea groups is 1. The first-order chi connectivity index (χ1) is 14.4. The zero-order chi connectivity index (χ0) is 21.3. The molecule has 1 saturated heterocycles. The van der Waals surface area contributed by atoms with Crippen molar-refractivity contribution in [3.05, 3.63) is 59.2 Å². The number of fused-ring (bicyclic) bond motifs is 1. The van der Waals surface area contributed by atoms with Crippen LogP contribution in [0.4, 0.5) is 4.79 Å². The molecule has 2 aromatic rings. The Bertz CT molecular complexity index is 1000. The lowest BCUT2D eigenvalue weighted by Crippen LogP contribution is -2.49. The number of hydrogen-bond acceptors (Lipinski definition) is 5. The van der Waals surface area contributed by atoms with E-state index in [0.29, 0.717) is 22.1 Å². The second-order valence-corrected chi connectivity index (χ2v) is 7.53. The topological polar surface area (TPSA) is 97.0 Å². The summed E-state index contributed by atoms with van der Waals surface area (Å²) in [6, 6.07) is 11.9. The summed E-state index contributed by atoms with van der Waals surface area (Å²) in [4.78, 5) is 37.5. The third-order valence-corrected chi connectivity index (χ3v) is 5.53. The van der Waals surface area contributed by atoms with Crippen molar-refractivity contribution in [3.8, 4) is 11.5 Å². The molecule has 0 unspecified atom stereocenters. The molecule has 8 heteroatoms. The van der Waals surface area contributed by atoms with E-state index < -0.39 is 23.4 Å². The minimum Gasteiger partial charge on any atom is -0.497 e. The summed E-state index contributed by atoms with van der Waals surface area (Å²) in [5.74, 6) is 0.0422. The quantitative estimate of drug-likeness (QED) is 0.712. The maximum absolute atomic E-state index is 12.9. The van der Waals surface area contributed by atoms with Gasteiger partial charge in [-0.05, 0) is 67.1 Å². The van der Waals surface area contributed by atoms with Crippen LogP contribution in [-0.4, -0.2) is 36.6 Å². The number of hydrogen-bond donors (Lipinski definition) is 2. The molecule has 0 aromatic heterocycles. The summed E-state index contributed by atoms with van der Waals surface area (Å²) in [7, 11) is 1.54. The summed E-state index contributed by atoms with van der Waals surface area (Å²) in [6.07, 6.45) is 3.19. The molecular weight excluding hydrogens is 386 g/mol. The summed E-state index contributed by atoms with van der Waals surface area (Å²) < 4.78 is 10.7. The third-order valence-electron chi connectivity index (χ3n) is 5.53. The van der Waals surface area contributed by atoms with Gasteiger partial charge in [0, 0.05) is 0 Å². The second kappa shape index (κ2) is 7.70. The Kier molecular flexibility index (Phi) is 5.07. The lowest BCUT2D eigenvalue weighted by Gasteiger charge is -2.22. The SMILES string of the molecule is COc1ccc([C@]2(C)NC(=O)N(NC(=O)COc3ccc4c(c3)CCC4)C2=O)cc1. The Balaban J connectivity index is 1.39. The van der Waals surface area contributed by atoms with Gasteiger partial charge < -0.3 is 14.8 Å². The number of amides is 4. The Morgan fingerprint density at radius 1 is 1.10 bits per heavy atom. The summed E-state index contributed by atoms with van der Waals surface area (Å²) in [6.45, 7) is 1.28. The molecular formula is C22H23N3O5. The molecule has 2 aliphatic rings. The largest absolute Gasteiger partial charge is 0.497 e. The van der Waals surface area contributed by atoms with Crippen LogP contribution in [0.5, 0.6) is 11.5 Å². The van der Waals surface area contributed by atoms with Gasteiger partial charge in [0.15, 0.2) is 6.61 Å². The molecule has 1 heterocycles. The van der Waals surface area contributed by atoms with Crippen LogP contribution in [0.25, 0.3) is 0 Å². The van der Waals surface area contributed by atoms with Crippen molar-refractivity contribution in [1.82, 2.24) is 15.8 Å². The van der Waals surface area contributed by atoms with E-state index in [2.05, 4.69) is 10.7 Å². The lowest BCUT2D eigenvalue weighted by molar-refractivity contribution is -0.139. The van der Waals surface area contributed by atoms with Gasteiger partial charge in [-0.1, -0.05) is 18.2 Å². The maximum atomic E-state index is 12.9. The predicted octanol–water partition coefficient (Wildman–Crippen LogP) is 2.06. The highest BCUT2D eigenvalue weighted by Crippen LogP contribution is 2.29. The number of benzene rings is 2. The fourth-order valence-corrected chi connectivity index (χ4v) is 3.80. The normalized spacial score (nSPS) is 20.0. The van der Waals surface area contributed by atoms with E-state index in [-0.39, 0.29) is 6.61 Å². The Morgan fingerprint density at radius 3 is 2.53 bits per heavy atom. The van der Waals surface area contributed by atoms with Gasteiger partial charge in [0.05, 0.1) is 7.11 Å². The number of aryl methyl sites for hydroxylation is 2. The number of ether oxygens (including phenoxy) is 2. The molecule has 156 valence electrons. The number of carbonyl (C=O) groups excluding carboxylic acids is 3. The van der Waals surface area contributed by atoms with E-state index in [1.807, 2.05) is 18.2 Å². The van der Waals surface area contributed by atoms with E-state index in [9.17, 15) is 14.4 Å². The van der Waals surface area contributed by atoms with Gasteiger partial charge in [0.25, 0.3) is 11.8 Å². The van der Waals surface area contributed by atoms with Gasteiger partial charge >= 0.3 is 6.03 Å². The third kappa shape index (κ3) is 3.56. The predicted molar refractivity (Wildman–Crippen MR) is 108 cm³/mol. The maximum Gasteiger partial charge on any atom is 0.344 e. The number of methoxy groups -OCH3 is 1. The molecule has 0 spiro atoms. The van der Waals surface area contributed by atoms with Crippen molar-refractivity contribution in [2.75, 3.05) is 13.7 Å². The molecule has 30 heavy (non-hydrogen) atoms. The minimum atomic E-state index is -1.29. The number of nitrogens with one attached hydrogen (secondary N) is 2. The number of carbonyl (C=O) groups is 3. The van der Waals surface area contributed by atoms with Crippen LogP contribution in [-0.2, 0) is 28.0 Å². The first-order valence-electron chi connectivity index (χ1n) is 9.76. The van der Waals surface area contributed by atoms with E-state index in [1.54, 1.807) is 38.3 Å². The first kappa shape index (κ1) is 19.8. The van der Waals surface area contributed by atoms with Crippen LogP contribution < -0.4 is 20.2 Å². The fraction of sp³-hybridized carbons (Fsp3) is 0.318. The fourth-order valence-electron chi connectivity index (χ4n) is 3.80. The van der Waals surface area contributed by atoms with Gasteiger partial charge in [-0.15, -0.1) is 0 Å². The van der Waals surface area contributed by atoms with Crippen molar-refractivity contribution >= 4 is 17.8 Å². The smallest absolute Gasteiger partial charge is 0.344 e. The zero-order valence-corrected chi connectivity index (χ0v) is 16.9. The van der Waals surface area contributed by atoms with Gasteiger partial charge in [-0.2, -0.15) is 5.01 Å². The molecule has 2 aromatic carbocycles. The standard InChI is InChI=1S/C22H23N3O5/c1-22(16-7-10-17(29-2)11-8-16)20(27)25(21(28)23-22)24-19(26)13-30-18-9-6-14-4-3-5-15(14)12-18/h6-12H,3-5,13H2,1-2H3,(H,23,28)(H,24,26)/t22-/m0/s1. The molecule has 1 aliphatic carbocycles. The van der Waals surface area contributed by atoms with Crippen LogP contribution in [0.1, 0.15) is 30.0 Å². The number of imide groups is 1. The van der Waals surface area contributed by atoms with Crippen molar-refractivity contribution in [3.63, 3.8) is 0 Å². The van der Waals surface area contributed by atoms with Gasteiger partial charge in [0.2, 0.25) is 0 Å². The van der Waals surface area contributed by atoms with Crippen molar-refractivity contribution in [1.29, 1.82) is 0 Å². The average Bonchev–Trinajstić information content (AvgIpc) is 3.30. The molecule has 0 saturated carbocycles. The van der Waals surface area contributed by atoms with Crippen molar-refractivity contribution < 1.29 is 23.9 Å². The highest BCUT2D eigenvalue weighted by Gasteiger charge is 2.50. The average molecular weight is 409 g/mol. The Morgan fingerprint density at radius 2 is 1.80 bits per heavy atom. The molecule has 1 aliphatic heterocycles. The summed E-state index contributed by atoms with van der Waals surface area (Å²) in [5.41, 5.74) is 4.16. The van der Waals surface area contributed by atoms with Gasteiger partial charge in [-0.3, -0.25) is 15.0 Å². The second-order valence-electron chi connectivity index (χ2n) is 7.53. The zero-order valence-electron chi connectivity index (χ0n) is 16.9. The summed E-state index contributed by atoms with van der Waals surface area (Å²) >= 11 is 0. The minimum absolute atomic E-state index is 0.310. The molecule has 1 atom stereocenters. The first-order valence-corrected chi connectivity index (χ1v) is 9.76. The van der Waals surface area contributed by atoms with Crippen molar-refractivity contribution in [2.24, 2.45) is 0 Å². The van der Waals surface area contributed by atoms with Crippen LogP contribution >= 0.6 is 0 Å². The summed E-state index contributed by atoms with van der Waals surface area (Å²) in [5, 5.41) is 3.33. The number of rotatable bonds is 6. The molecule has 0 bridgehead atoms. The van der Waals surface area contributed by atoms with Gasteiger partial charge in [-0.25, -0.2) is 4.79 Å². The van der Waals surface area contributed by atoms with Gasteiger partial charge in [0.1, 0.15) is 17.0 Å². The Labute approximate surface area is 174 Å². The van der Waals surface area contributed by atoms with Crippen LogP contribution in [0.3, 0.4) is 0 Å². The van der Waals surface area contributed by atoms with E-state index in [1.165, 1.54) is 11.1 Å². The number of hydrazine groups is 1. The highest BCUT2D eigenvalue weighted by molar-refractivity contribution is 6.08. The van der Waals surface area contributed by atoms with E-state index in [0.717, 1.165) is 19.3 Å². The van der Waals surface area contributed by atoms with Crippen LogP contribution in [0, 0.1) is 0 Å². The van der Waals surface area contributed by atoms with Crippen molar-refractivity contribution in [2.45, 2.75) is 31.7 Å². The molecule has 0 radical (unpaired) electrons. The molecule has 4 amide bonds. The molecule has 4 rings (SSSR count). The monoisotopic (exact) mass is 409 g/mol. The number of nitrogens with zero attached hydrogens (tertiary/aromatic N) is 1. The molecule has 8 nitrogen and oxygen atoms in total. The highest BCUT2D eigenvalue weighted by atomic mass is 16.5. The van der Waals surface area contributed by atoms with Crippen LogP contribution in [0.15, 0.2) is 42.5 Å². The lowest BCUT2D eigenvalue weighted by atomic mass is 9.92. The van der Waals surface area contributed by atoms with E-state index in [4.69, 9.17) is 9.47 Å². The van der Waals surface area contributed by atoms with E-state index >= 15 is 0 Å². The molecule has 2 N–H and O–H groups in total. The Hall–Kier alpha value is -3.55.